The van der Waals surface area contributed by atoms with Gasteiger partial charge in [-0.05, 0) is 50.4 Å². The van der Waals surface area contributed by atoms with E-state index in [1.807, 2.05) is 13.8 Å². The maximum Gasteiger partial charge on any atom is 0.333 e. The topological polar surface area (TPSA) is 46.5 Å². The van der Waals surface area contributed by atoms with Crippen LogP contribution in [0.1, 0.15) is 67.2 Å². The fourth-order valence-corrected chi connectivity index (χ4v) is 3.50. The standard InChI is InChI=1S/C18H32O3/c1-7-15(17(19)20)16(12(2)3)21-13(4)14-9-8-10-18(5,6)11-14/h7,12-14,16H,8-11H2,1-6H3,(H,19,20)/t13?,14?,16-/m1/s1. The van der Waals surface area contributed by atoms with E-state index in [9.17, 15) is 9.90 Å². The summed E-state index contributed by atoms with van der Waals surface area (Å²) >= 11 is 0. The van der Waals surface area contributed by atoms with E-state index >= 15 is 0 Å². The van der Waals surface area contributed by atoms with Crippen molar-refractivity contribution < 1.29 is 14.6 Å². The molecule has 1 fully saturated rings. The fourth-order valence-electron chi connectivity index (χ4n) is 3.50. The second-order valence-corrected chi connectivity index (χ2v) is 7.58. The Morgan fingerprint density at radius 2 is 1.95 bits per heavy atom. The summed E-state index contributed by atoms with van der Waals surface area (Å²) in [4.78, 5) is 11.4. The van der Waals surface area contributed by atoms with Gasteiger partial charge in [-0.2, -0.15) is 0 Å². The average Bonchev–Trinajstić information content (AvgIpc) is 2.36. The van der Waals surface area contributed by atoms with Crippen molar-refractivity contribution in [3.63, 3.8) is 0 Å². The van der Waals surface area contributed by atoms with Gasteiger partial charge in [0, 0.05) is 0 Å². The lowest BCUT2D eigenvalue weighted by molar-refractivity contribution is -0.136. The van der Waals surface area contributed by atoms with Gasteiger partial charge in [0.15, 0.2) is 0 Å². The van der Waals surface area contributed by atoms with E-state index in [0.29, 0.717) is 16.9 Å². The largest absolute Gasteiger partial charge is 0.478 e. The molecule has 1 saturated carbocycles. The molecule has 0 aromatic rings. The zero-order valence-corrected chi connectivity index (χ0v) is 14.5. The SMILES string of the molecule is CC=C(C(=O)O)[C@H](OC(C)C1CCCC(C)(C)C1)C(C)C. The van der Waals surface area contributed by atoms with Crippen LogP contribution >= 0.6 is 0 Å². The minimum Gasteiger partial charge on any atom is -0.478 e. The van der Waals surface area contributed by atoms with Crippen LogP contribution in [0.2, 0.25) is 0 Å². The van der Waals surface area contributed by atoms with E-state index in [2.05, 4.69) is 20.8 Å². The fraction of sp³-hybridized carbons (Fsp3) is 0.833. The van der Waals surface area contributed by atoms with Crippen LogP contribution in [0.15, 0.2) is 11.6 Å². The highest BCUT2D eigenvalue weighted by Crippen LogP contribution is 2.41. The molecule has 2 unspecified atom stereocenters. The zero-order valence-electron chi connectivity index (χ0n) is 14.5. The summed E-state index contributed by atoms with van der Waals surface area (Å²) in [6, 6.07) is 0. The lowest BCUT2D eigenvalue weighted by Crippen LogP contribution is -2.36. The molecule has 0 aromatic carbocycles. The Bertz CT molecular complexity index is 382. The first-order chi connectivity index (χ1) is 9.68. The highest BCUT2D eigenvalue weighted by atomic mass is 16.5. The van der Waals surface area contributed by atoms with Crippen LogP contribution in [0.3, 0.4) is 0 Å². The Hall–Kier alpha value is -0.830. The first-order valence-corrected chi connectivity index (χ1v) is 8.23. The Morgan fingerprint density at radius 3 is 2.38 bits per heavy atom. The van der Waals surface area contributed by atoms with Crippen LogP contribution in [-0.4, -0.2) is 23.3 Å². The van der Waals surface area contributed by atoms with Crippen molar-refractivity contribution >= 4 is 5.97 Å². The number of rotatable bonds is 6. The molecule has 0 heterocycles. The van der Waals surface area contributed by atoms with Crippen molar-refractivity contribution in [2.75, 3.05) is 0 Å². The van der Waals surface area contributed by atoms with E-state index in [1.54, 1.807) is 13.0 Å². The quantitative estimate of drug-likeness (QED) is 0.725. The van der Waals surface area contributed by atoms with Gasteiger partial charge in [-0.25, -0.2) is 4.79 Å². The lowest BCUT2D eigenvalue weighted by Gasteiger charge is -2.39. The number of carboxylic acid groups (broad SMARTS) is 1. The van der Waals surface area contributed by atoms with Crippen LogP contribution in [-0.2, 0) is 9.53 Å². The summed E-state index contributed by atoms with van der Waals surface area (Å²) in [5.74, 6) is -0.180. The van der Waals surface area contributed by atoms with Crippen molar-refractivity contribution in [3.8, 4) is 0 Å². The van der Waals surface area contributed by atoms with E-state index in [1.165, 1.54) is 19.3 Å². The molecule has 0 aliphatic heterocycles. The highest BCUT2D eigenvalue weighted by molar-refractivity contribution is 5.87. The molecule has 0 bridgehead atoms. The molecule has 1 N–H and O–H groups in total. The number of ether oxygens (including phenoxy) is 1. The van der Waals surface area contributed by atoms with Gasteiger partial charge in [0.05, 0.1) is 17.8 Å². The van der Waals surface area contributed by atoms with Gasteiger partial charge in [-0.3, -0.25) is 0 Å². The summed E-state index contributed by atoms with van der Waals surface area (Å²) < 4.78 is 6.21. The van der Waals surface area contributed by atoms with Gasteiger partial charge < -0.3 is 9.84 Å². The Morgan fingerprint density at radius 1 is 1.33 bits per heavy atom. The van der Waals surface area contributed by atoms with Crippen LogP contribution < -0.4 is 0 Å². The minimum atomic E-state index is -0.868. The first-order valence-electron chi connectivity index (χ1n) is 8.23. The predicted octanol–water partition coefficient (Wildman–Crippen LogP) is 4.66. The lowest BCUT2D eigenvalue weighted by atomic mass is 9.71. The Kier molecular flexibility index (Phi) is 6.45. The molecule has 3 atom stereocenters. The predicted molar refractivity (Wildman–Crippen MR) is 86.3 cm³/mol. The molecule has 1 aliphatic rings. The molecule has 0 spiro atoms. The first kappa shape index (κ1) is 18.2. The van der Waals surface area contributed by atoms with E-state index in [-0.39, 0.29) is 18.1 Å². The van der Waals surface area contributed by atoms with Gasteiger partial charge in [0.2, 0.25) is 0 Å². The van der Waals surface area contributed by atoms with Crippen LogP contribution in [0.5, 0.6) is 0 Å². The Labute approximate surface area is 129 Å². The van der Waals surface area contributed by atoms with Crippen molar-refractivity contribution in [3.05, 3.63) is 11.6 Å². The maximum atomic E-state index is 11.4. The normalized spacial score (nSPS) is 25.7. The van der Waals surface area contributed by atoms with Gasteiger partial charge in [0.1, 0.15) is 0 Å². The number of aliphatic carboxylic acids is 1. The van der Waals surface area contributed by atoms with Gasteiger partial charge >= 0.3 is 5.97 Å². The van der Waals surface area contributed by atoms with E-state index in [0.717, 1.165) is 6.42 Å². The summed E-state index contributed by atoms with van der Waals surface area (Å²) in [7, 11) is 0. The molecule has 3 nitrogen and oxygen atoms in total. The number of hydrogen-bond acceptors (Lipinski definition) is 2. The second kappa shape index (κ2) is 7.44. The monoisotopic (exact) mass is 296 g/mol. The number of carbonyl (C=O) groups is 1. The Balaban J connectivity index is 2.77. The van der Waals surface area contributed by atoms with Gasteiger partial charge in [-0.15, -0.1) is 0 Å². The minimum absolute atomic E-state index is 0.103. The molecule has 0 radical (unpaired) electrons. The summed E-state index contributed by atoms with van der Waals surface area (Å²) in [5, 5.41) is 9.35. The molecule has 1 rings (SSSR count). The van der Waals surface area contributed by atoms with Crippen molar-refractivity contribution in [1.29, 1.82) is 0 Å². The molecule has 3 heteroatoms. The van der Waals surface area contributed by atoms with Crippen molar-refractivity contribution in [2.45, 2.75) is 79.4 Å². The smallest absolute Gasteiger partial charge is 0.333 e. The highest BCUT2D eigenvalue weighted by Gasteiger charge is 2.34. The van der Waals surface area contributed by atoms with E-state index < -0.39 is 5.97 Å². The number of hydrogen-bond donors (Lipinski definition) is 1. The van der Waals surface area contributed by atoms with Crippen LogP contribution in [0.25, 0.3) is 0 Å². The molecule has 21 heavy (non-hydrogen) atoms. The molecule has 1 aliphatic carbocycles. The second-order valence-electron chi connectivity index (χ2n) is 7.58. The molecular formula is C18H32O3. The van der Waals surface area contributed by atoms with Crippen molar-refractivity contribution in [1.82, 2.24) is 0 Å². The summed E-state index contributed by atoms with van der Waals surface area (Å²) in [6.45, 7) is 12.6. The molecule has 0 amide bonds. The molecular weight excluding hydrogens is 264 g/mol. The van der Waals surface area contributed by atoms with Gasteiger partial charge in [0.25, 0.3) is 0 Å². The van der Waals surface area contributed by atoms with Crippen molar-refractivity contribution in [2.24, 2.45) is 17.3 Å². The third-order valence-corrected chi connectivity index (χ3v) is 4.74. The third kappa shape index (κ3) is 5.14. The maximum absolute atomic E-state index is 11.4. The third-order valence-electron chi connectivity index (χ3n) is 4.74. The average molecular weight is 296 g/mol. The molecule has 0 saturated heterocycles. The zero-order chi connectivity index (χ0) is 16.2. The number of allylic oxidation sites excluding steroid dienone is 1. The molecule has 0 aromatic heterocycles. The van der Waals surface area contributed by atoms with E-state index in [4.69, 9.17) is 4.74 Å². The number of carboxylic acids is 1. The molecule has 122 valence electrons. The van der Waals surface area contributed by atoms with Crippen LogP contribution in [0.4, 0.5) is 0 Å². The van der Waals surface area contributed by atoms with Gasteiger partial charge in [-0.1, -0.05) is 40.2 Å². The van der Waals surface area contributed by atoms with Crippen LogP contribution in [0, 0.1) is 17.3 Å². The summed E-state index contributed by atoms with van der Waals surface area (Å²) in [6.07, 6.45) is 6.32. The summed E-state index contributed by atoms with van der Waals surface area (Å²) in [5.41, 5.74) is 0.760.